The van der Waals surface area contributed by atoms with E-state index in [9.17, 15) is 8.78 Å². The second kappa shape index (κ2) is 10.0. The Bertz CT molecular complexity index is 555. The zero-order chi connectivity index (χ0) is 19.2. The first-order valence-electron chi connectivity index (χ1n) is 11.5. The molecule has 2 fully saturated rings. The van der Waals surface area contributed by atoms with Crippen LogP contribution in [0.1, 0.15) is 107 Å². The Morgan fingerprint density at radius 1 is 0.741 bits per heavy atom. The molecular weight excluding hydrogens is 338 g/mol. The molecule has 2 aliphatic carbocycles. The van der Waals surface area contributed by atoms with Crippen molar-refractivity contribution in [2.75, 3.05) is 0 Å². The molecule has 3 rings (SSSR count). The van der Waals surface area contributed by atoms with Crippen molar-refractivity contribution in [2.45, 2.75) is 103 Å². The quantitative estimate of drug-likeness (QED) is 0.449. The number of unbranched alkanes of at least 4 members (excludes halogenated alkanes) is 1. The molecule has 0 aliphatic heterocycles. The highest BCUT2D eigenvalue weighted by atomic mass is 19.1. The Labute approximate surface area is 165 Å². The first-order valence-corrected chi connectivity index (χ1v) is 11.5. The Hall–Kier alpha value is -0.920. The van der Waals surface area contributed by atoms with Gasteiger partial charge in [-0.15, -0.1) is 0 Å². The summed E-state index contributed by atoms with van der Waals surface area (Å²) < 4.78 is 27.7. The fraction of sp³-hybridized carbons (Fsp3) is 0.760. The fourth-order valence-corrected chi connectivity index (χ4v) is 5.46. The minimum Gasteiger partial charge on any atom is -0.207 e. The first-order chi connectivity index (χ1) is 13.1. The Morgan fingerprint density at radius 3 is 1.67 bits per heavy atom. The Balaban J connectivity index is 1.38. The number of benzene rings is 1. The van der Waals surface area contributed by atoms with E-state index in [1.54, 1.807) is 12.1 Å². The maximum atomic E-state index is 13.9. The molecule has 2 saturated carbocycles. The van der Waals surface area contributed by atoms with Gasteiger partial charge in [0.15, 0.2) is 0 Å². The van der Waals surface area contributed by atoms with E-state index < -0.39 is 0 Å². The van der Waals surface area contributed by atoms with Crippen LogP contribution in [0.5, 0.6) is 0 Å². The molecule has 0 radical (unpaired) electrons. The summed E-state index contributed by atoms with van der Waals surface area (Å²) in [5.74, 6) is 2.37. The molecule has 1 aromatic carbocycles. The molecule has 2 heteroatoms. The van der Waals surface area contributed by atoms with Gasteiger partial charge in [0.25, 0.3) is 0 Å². The van der Waals surface area contributed by atoms with Crippen LogP contribution < -0.4 is 0 Å². The van der Waals surface area contributed by atoms with Crippen LogP contribution in [0.3, 0.4) is 0 Å². The molecule has 2 aliphatic rings. The average molecular weight is 377 g/mol. The summed E-state index contributed by atoms with van der Waals surface area (Å²) in [6.07, 6.45) is 17.4. The molecule has 27 heavy (non-hydrogen) atoms. The highest BCUT2D eigenvalue weighted by Gasteiger charge is 2.26. The summed E-state index contributed by atoms with van der Waals surface area (Å²) >= 11 is 0. The molecule has 0 amide bonds. The second-order valence-corrected chi connectivity index (χ2v) is 9.43. The first kappa shape index (κ1) is 20.8. The summed E-state index contributed by atoms with van der Waals surface area (Å²) in [5.41, 5.74) is 1.02. The lowest BCUT2D eigenvalue weighted by molar-refractivity contribution is 0.222. The SMILES string of the molecule is CCCCC1CCC(CCC2CCC(c3cc(F)c(C)c(F)c3)CC2)CC1. The molecule has 0 nitrogen and oxygen atoms in total. The van der Waals surface area contributed by atoms with Gasteiger partial charge in [0, 0.05) is 5.56 Å². The molecule has 0 spiro atoms. The average Bonchev–Trinajstić information content (AvgIpc) is 2.69. The van der Waals surface area contributed by atoms with E-state index >= 15 is 0 Å². The van der Waals surface area contributed by atoms with Crippen molar-refractivity contribution in [3.63, 3.8) is 0 Å². The second-order valence-electron chi connectivity index (χ2n) is 9.43. The predicted octanol–water partition coefficient (Wildman–Crippen LogP) is 8.32. The van der Waals surface area contributed by atoms with Crippen molar-refractivity contribution in [1.82, 2.24) is 0 Å². The monoisotopic (exact) mass is 376 g/mol. The maximum Gasteiger partial charge on any atom is 0.129 e. The third-order valence-corrected chi connectivity index (χ3v) is 7.54. The lowest BCUT2D eigenvalue weighted by Gasteiger charge is -2.32. The normalized spacial score (nSPS) is 29.0. The number of hydrogen-bond donors (Lipinski definition) is 0. The molecule has 0 bridgehead atoms. The van der Waals surface area contributed by atoms with Gasteiger partial charge < -0.3 is 0 Å². The number of hydrogen-bond acceptors (Lipinski definition) is 0. The van der Waals surface area contributed by atoms with Crippen molar-refractivity contribution in [1.29, 1.82) is 0 Å². The lowest BCUT2D eigenvalue weighted by Crippen LogP contribution is -2.18. The van der Waals surface area contributed by atoms with E-state index in [2.05, 4.69) is 6.92 Å². The topological polar surface area (TPSA) is 0 Å². The number of rotatable bonds is 7. The van der Waals surface area contributed by atoms with E-state index in [1.165, 1.54) is 77.6 Å². The van der Waals surface area contributed by atoms with Crippen LogP contribution in [0.25, 0.3) is 0 Å². The van der Waals surface area contributed by atoms with Gasteiger partial charge in [-0.25, -0.2) is 8.78 Å². The molecule has 0 aromatic heterocycles. The van der Waals surface area contributed by atoms with Crippen LogP contribution in [-0.4, -0.2) is 0 Å². The number of halogens is 2. The molecule has 0 unspecified atom stereocenters. The molecule has 0 heterocycles. The van der Waals surface area contributed by atoms with E-state index in [1.807, 2.05) is 0 Å². The Kier molecular flexibility index (Phi) is 7.73. The van der Waals surface area contributed by atoms with Crippen LogP contribution in [0.15, 0.2) is 12.1 Å². The standard InChI is InChI=1S/C25H38F2/c1-3-4-5-19-6-8-20(9-7-19)10-11-21-12-14-22(15-13-21)23-16-24(26)18(2)25(27)17-23/h16-17,19-22H,3-15H2,1-2H3. The van der Waals surface area contributed by atoms with Gasteiger partial charge in [0.05, 0.1) is 0 Å². The summed E-state index contributed by atoms with van der Waals surface area (Å²) in [6.45, 7) is 3.81. The van der Waals surface area contributed by atoms with Crippen LogP contribution in [0.4, 0.5) is 8.78 Å². The van der Waals surface area contributed by atoms with Gasteiger partial charge in [-0.1, -0.05) is 64.7 Å². The van der Waals surface area contributed by atoms with Crippen LogP contribution in [0.2, 0.25) is 0 Å². The zero-order valence-corrected chi connectivity index (χ0v) is 17.4. The molecular formula is C25H38F2. The highest BCUT2D eigenvalue weighted by molar-refractivity contribution is 5.28. The van der Waals surface area contributed by atoms with Crippen molar-refractivity contribution < 1.29 is 8.78 Å². The molecule has 152 valence electrons. The molecule has 0 atom stereocenters. The smallest absolute Gasteiger partial charge is 0.129 e. The maximum absolute atomic E-state index is 13.9. The zero-order valence-electron chi connectivity index (χ0n) is 17.4. The van der Waals surface area contributed by atoms with Crippen molar-refractivity contribution >= 4 is 0 Å². The van der Waals surface area contributed by atoms with Gasteiger partial charge >= 0.3 is 0 Å². The Morgan fingerprint density at radius 2 is 1.19 bits per heavy atom. The highest BCUT2D eigenvalue weighted by Crippen LogP contribution is 2.40. The summed E-state index contributed by atoms with van der Waals surface area (Å²) in [7, 11) is 0. The third-order valence-electron chi connectivity index (χ3n) is 7.54. The minimum atomic E-state index is -0.387. The third kappa shape index (κ3) is 5.78. The van der Waals surface area contributed by atoms with E-state index in [0.717, 1.165) is 36.2 Å². The molecule has 0 saturated heterocycles. The van der Waals surface area contributed by atoms with Gasteiger partial charge in [-0.3, -0.25) is 0 Å². The fourth-order valence-electron chi connectivity index (χ4n) is 5.46. The summed E-state index contributed by atoms with van der Waals surface area (Å²) in [6, 6.07) is 3.14. The van der Waals surface area contributed by atoms with Crippen LogP contribution in [-0.2, 0) is 0 Å². The molecule has 1 aromatic rings. The van der Waals surface area contributed by atoms with Crippen molar-refractivity contribution in [2.24, 2.45) is 17.8 Å². The van der Waals surface area contributed by atoms with Gasteiger partial charge in [0.1, 0.15) is 11.6 Å². The van der Waals surface area contributed by atoms with Crippen molar-refractivity contribution in [3.05, 3.63) is 34.9 Å². The van der Waals surface area contributed by atoms with Gasteiger partial charge in [-0.05, 0) is 74.0 Å². The van der Waals surface area contributed by atoms with Crippen LogP contribution >= 0.6 is 0 Å². The largest absolute Gasteiger partial charge is 0.207 e. The molecule has 0 N–H and O–H groups in total. The van der Waals surface area contributed by atoms with Crippen LogP contribution in [0, 0.1) is 36.3 Å². The van der Waals surface area contributed by atoms with E-state index in [-0.39, 0.29) is 17.2 Å². The van der Waals surface area contributed by atoms with E-state index in [0.29, 0.717) is 5.92 Å². The van der Waals surface area contributed by atoms with E-state index in [4.69, 9.17) is 0 Å². The summed E-state index contributed by atoms with van der Waals surface area (Å²) in [5, 5.41) is 0. The van der Waals surface area contributed by atoms with Gasteiger partial charge in [0.2, 0.25) is 0 Å². The van der Waals surface area contributed by atoms with Crippen molar-refractivity contribution in [3.8, 4) is 0 Å². The lowest BCUT2D eigenvalue weighted by atomic mass is 9.74. The van der Waals surface area contributed by atoms with Gasteiger partial charge in [-0.2, -0.15) is 0 Å². The summed E-state index contributed by atoms with van der Waals surface area (Å²) in [4.78, 5) is 0. The minimum absolute atomic E-state index is 0.150. The predicted molar refractivity (Wildman–Crippen MR) is 110 cm³/mol.